The Labute approximate surface area is 119 Å². The Morgan fingerprint density at radius 3 is 2.44 bits per heavy atom. The van der Waals surface area contributed by atoms with E-state index in [0.717, 1.165) is 5.56 Å². The molecule has 0 heterocycles. The minimum absolute atomic E-state index is 0.160. The van der Waals surface area contributed by atoms with Gasteiger partial charge in [-0.05, 0) is 67.7 Å². The van der Waals surface area contributed by atoms with Gasteiger partial charge in [0.05, 0.1) is 20.2 Å². The van der Waals surface area contributed by atoms with E-state index in [9.17, 15) is 8.60 Å². The smallest absolute Gasteiger partial charge is 0.140 e. The topological polar surface area (TPSA) is 29.1 Å². The second kappa shape index (κ2) is 5.80. The summed E-state index contributed by atoms with van der Waals surface area (Å²) in [7, 11) is -1.17. The summed E-state index contributed by atoms with van der Waals surface area (Å²) >= 11 is 3.16. The summed E-state index contributed by atoms with van der Waals surface area (Å²) in [4.78, 5) is 0. The van der Waals surface area contributed by atoms with E-state index < -0.39 is 11.0 Å². The van der Waals surface area contributed by atoms with E-state index in [0.29, 0.717) is 10.0 Å². The van der Waals surface area contributed by atoms with Crippen molar-refractivity contribution in [1.29, 1.82) is 0 Å². The number of nitrogens with one attached hydrogen (secondary N) is 1. The Kier molecular flexibility index (Phi) is 5.09. The van der Waals surface area contributed by atoms with Crippen molar-refractivity contribution < 1.29 is 8.60 Å². The quantitative estimate of drug-likeness (QED) is 0.888. The summed E-state index contributed by atoms with van der Waals surface area (Å²) in [5.41, 5.74) is 1.41. The van der Waals surface area contributed by atoms with Crippen LogP contribution in [0.1, 0.15) is 44.9 Å². The molecule has 1 aromatic rings. The molecule has 1 N–H and O–H groups in total. The molecule has 0 aliphatic rings. The van der Waals surface area contributed by atoms with E-state index in [2.05, 4.69) is 20.7 Å². The molecule has 0 unspecified atom stereocenters. The average molecular weight is 336 g/mol. The fraction of sp³-hybridized carbons (Fsp3) is 0.538. The lowest BCUT2D eigenvalue weighted by Crippen LogP contribution is -2.35. The monoisotopic (exact) mass is 335 g/mol. The van der Waals surface area contributed by atoms with Gasteiger partial charge in [0.2, 0.25) is 0 Å². The van der Waals surface area contributed by atoms with Gasteiger partial charge in [-0.2, -0.15) is 0 Å². The summed E-state index contributed by atoms with van der Waals surface area (Å²) in [6.45, 7) is 9.32. The first-order chi connectivity index (χ1) is 8.14. The summed E-state index contributed by atoms with van der Waals surface area (Å²) in [5, 5.41) is 0. The fourth-order valence-corrected chi connectivity index (χ4v) is 2.77. The maximum absolute atomic E-state index is 13.8. The van der Waals surface area contributed by atoms with Crippen LogP contribution in [0.4, 0.5) is 4.39 Å². The van der Waals surface area contributed by atoms with Gasteiger partial charge in [-0.3, -0.25) is 0 Å². The number of hydrogen-bond donors (Lipinski definition) is 1. The van der Waals surface area contributed by atoms with Crippen LogP contribution >= 0.6 is 15.9 Å². The van der Waals surface area contributed by atoms with Gasteiger partial charge in [-0.25, -0.2) is 13.3 Å². The lowest BCUT2D eigenvalue weighted by Gasteiger charge is -2.23. The minimum Gasteiger partial charge on any atom is -0.242 e. The first-order valence-corrected chi connectivity index (χ1v) is 7.71. The standard InChI is InChI=1S/C13H19BrFNOS/c1-8-10(6-7-11(14)12(8)15)9(2)16-18(17)13(3,4)5/h6-7,9,16H,1-5H3/t9-,18+/m0/s1. The molecule has 0 saturated heterocycles. The third-order valence-corrected chi connectivity index (χ3v) is 4.98. The zero-order valence-electron chi connectivity index (χ0n) is 11.3. The highest BCUT2D eigenvalue weighted by Crippen LogP contribution is 2.26. The van der Waals surface area contributed by atoms with Crippen molar-refractivity contribution in [3.8, 4) is 0 Å². The molecule has 1 rings (SSSR count). The summed E-state index contributed by atoms with van der Waals surface area (Å²) in [6, 6.07) is 3.36. The van der Waals surface area contributed by atoms with Gasteiger partial charge in [-0.1, -0.05) is 6.07 Å². The number of benzene rings is 1. The minimum atomic E-state index is -1.17. The van der Waals surface area contributed by atoms with Crippen LogP contribution in [0.2, 0.25) is 0 Å². The molecule has 2 atom stereocenters. The van der Waals surface area contributed by atoms with Gasteiger partial charge < -0.3 is 0 Å². The molecule has 102 valence electrons. The van der Waals surface area contributed by atoms with Crippen LogP contribution in [-0.4, -0.2) is 8.96 Å². The second-order valence-electron chi connectivity index (χ2n) is 5.30. The van der Waals surface area contributed by atoms with Crippen LogP contribution in [-0.2, 0) is 11.0 Å². The van der Waals surface area contributed by atoms with E-state index in [1.165, 1.54) is 0 Å². The van der Waals surface area contributed by atoms with Crippen molar-refractivity contribution in [3.05, 3.63) is 33.5 Å². The number of halogens is 2. The lowest BCUT2D eigenvalue weighted by atomic mass is 10.0. The van der Waals surface area contributed by atoms with Crippen molar-refractivity contribution in [2.24, 2.45) is 0 Å². The molecule has 5 heteroatoms. The van der Waals surface area contributed by atoms with Gasteiger partial charge >= 0.3 is 0 Å². The molecule has 0 aliphatic carbocycles. The van der Waals surface area contributed by atoms with Gasteiger partial charge in [0.25, 0.3) is 0 Å². The predicted molar refractivity (Wildman–Crippen MR) is 78.3 cm³/mol. The van der Waals surface area contributed by atoms with Crippen LogP contribution in [0, 0.1) is 12.7 Å². The summed E-state index contributed by atoms with van der Waals surface area (Å²) in [6.07, 6.45) is 0. The Morgan fingerprint density at radius 2 is 1.94 bits per heavy atom. The highest BCUT2D eigenvalue weighted by Gasteiger charge is 2.23. The molecule has 18 heavy (non-hydrogen) atoms. The first-order valence-electron chi connectivity index (χ1n) is 5.77. The van der Waals surface area contributed by atoms with Crippen molar-refractivity contribution in [1.82, 2.24) is 4.72 Å². The third-order valence-electron chi connectivity index (χ3n) is 2.69. The summed E-state index contributed by atoms with van der Waals surface area (Å²) < 4.78 is 28.9. The maximum atomic E-state index is 13.8. The SMILES string of the molecule is Cc1c([C@H](C)N[S@](=O)C(C)(C)C)ccc(Br)c1F. The van der Waals surface area contributed by atoms with Gasteiger partial charge in [-0.15, -0.1) is 0 Å². The van der Waals surface area contributed by atoms with Gasteiger partial charge in [0.15, 0.2) is 0 Å². The van der Waals surface area contributed by atoms with Gasteiger partial charge in [0.1, 0.15) is 5.82 Å². The molecular formula is C13H19BrFNOS. The lowest BCUT2D eigenvalue weighted by molar-refractivity contribution is 0.593. The van der Waals surface area contributed by atoms with Crippen LogP contribution in [0.5, 0.6) is 0 Å². The molecule has 0 aromatic heterocycles. The normalized spacial score (nSPS) is 15.5. The Morgan fingerprint density at radius 1 is 1.39 bits per heavy atom. The highest BCUT2D eigenvalue weighted by molar-refractivity contribution is 9.10. The van der Waals surface area contributed by atoms with Gasteiger partial charge in [0, 0.05) is 6.04 Å². The van der Waals surface area contributed by atoms with E-state index >= 15 is 0 Å². The zero-order valence-corrected chi connectivity index (χ0v) is 13.7. The number of rotatable bonds is 3. The molecule has 0 aliphatic heterocycles. The summed E-state index contributed by atoms with van der Waals surface area (Å²) in [5.74, 6) is -0.261. The molecule has 0 radical (unpaired) electrons. The molecule has 1 aromatic carbocycles. The molecule has 0 bridgehead atoms. The Bertz CT molecular complexity index is 471. The van der Waals surface area contributed by atoms with Crippen LogP contribution in [0.15, 0.2) is 16.6 Å². The molecular weight excluding hydrogens is 317 g/mol. The maximum Gasteiger partial charge on any atom is 0.140 e. The van der Waals surface area contributed by atoms with Crippen molar-refractivity contribution in [3.63, 3.8) is 0 Å². The molecule has 0 fully saturated rings. The van der Waals surface area contributed by atoms with E-state index in [1.807, 2.05) is 33.8 Å². The van der Waals surface area contributed by atoms with Crippen molar-refractivity contribution in [2.45, 2.75) is 45.4 Å². The van der Waals surface area contributed by atoms with Crippen molar-refractivity contribution >= 4 is 26.9 Å². The van der Waals surface area contributed by atoms with E-state index in [1.54, 1.807) is 13.0 Å². The molecule has 0 spiro atoms. The molecule has 0 amide bonds. The van der Waals surface area contributed by atoms with Crippen molar-refractivity contribution in [2.75, 3.05) is 0 Å². The Hall–Kier alpha value is -0.260. The average Bonchev–Trinajstić information content (AvgIpc) is 2.24. The number of hydrogen-bond acceptors (Lipinski definition) is 1. The molecule has 2 nitrogen and oxygen atoms in total. The van der Waals surface area contributed by atoms with Crippen LogP contribution < -0.4 is 4.72 Å². The highest BCUT2D eigenvalue weighted by atomic mass is 79.9. The zero-order chi connectivity index (χ0) is 14.1. The van der Waals surface area contributed by atoms with Crippen LogP contribution in [0.3, 0.4) is 0 Å². The van der Waals surface area contributed by atoms with E-state index in [-0.39, 0.29) is 16.6 Å². The Balaban J connectivity index is 2.96. The third kappa shape index (κ3) is 3.62. The van der Waals surface area contributed by atoms with E-state index in [4.69, 9.17) is 0 Å². The van der Waals surface area contributed by atoms with Crippen LogP contribution in [0.25, 0.3) is 0 Å². The molecule has 0 saturated carbocycles. The fourth-order valence-electron chi connectivity index (χ4n) is 1.54. The first kappa shape index (κ1) is 15.8. The second-order valence-corrected chi connectivity index (χ2v) is 8.15. The largest absolute Gasteiger partial charge is 0.242 e. The predicted octanol–water partition coefficient (Wildman–Crippen LogP) is 4.01.